The number of alkyl halides is 3. The quantitative estimate of drug-likeness (QED) is 0.426. The summed E-state index contributed by atoms with van der Waals surface area (Å²) in [5.74, 6) is 0.440. The molecular formula is C19H25BrF3N3O2Si. The van der Waals surface area contributed by atoms with E-state index in [1.807, 2.05) is 0 Å². The molecule has 160 valence electrons. The number of hydrogen-bond acceptors (Lipinski definition) is 4. The molecule has 0 radical (unpaired) electrons. The van der Waals surface area contributed by atoms with Crippen molar-refractivity contribution in [2.75, 3.05) is 18.2 Å². The Morgan fingerprint density at radius 2 is 1.97 bits per heavy atom. The standard InChI is InChI=1S/C19H25BrF3N3O2Si/c1-12-18(27)25(11-28-7-8-29(2,3)4)24-17-6-5-13-9-14(19(21,22)23)15(20)10-16(13)26(12)17/h9-10,12H,5-8,11H2,1-4H3. The Hall–Kier alpha value is -1.39. The number of anilines is 1. The van der Waals surface area contributed by atoms with Gasteiger partial charge in [0.1, 0.15) is 18.6 Å². The number of ether oxygens (including phenoxy) is 1. The minimum absolute atomic E-state index is 0.0400. The number of fused-ring (bicyclic) bond motifs is 3. The third kappa shape index (κ3) is 4.85. The molecule has 0 spiro atoms. The highest BCUT2D eigenvalue weighted by Gasteiger charge is 2.40. The Labute approximate surface area is 178 Å². The molecule has 0 bridgehead atoms. The van der Waals surface area contributed by atoms with Crippen LogP contribution in [0.1, 0.15) is 24.5 Å². The average molecular weight is 492 g/mol. The fourth-order valence-corrected chi connectivity index (χ4v) is 4.74. The van der Waals surface area contributed by atoms with E-state index in [0.29, 0.717) is 36.5 Å². The van der Waals surface area contributed by atoms with Crippen LogP contribution in [0.25, 0.3) is 0 Å². The summed E-state index contributed by atoms with van der Waals surface area (Å²) in [6.07, 6.45) is -3.53. The Balaban J connectivity index is 1.82. The molecule has 3 rings (SSSR count). The summed E-state index contributed by atoms with van der Waals surface area (Å²) in [6.45, 7) is 9.18. The van der Waals surface area contributed by atoms with Gasteiger partial charge in [0, 0.05) is 31.3 Å². The number of nitrogens with zero attached hydrogens (tertiary/aromatic N) is 3. The Morgan fingerprint density at radius 1 is 1.28 bits per heavy atom. The molecule has 1 amide bonds. The Kier molecular flexibility index (Phi) is 6.17. The zero-order valence-electron chi connectivity index (χ0n) is 16.9. The van der Waals surface area contributed by atoms with Gasteiger partial charge in [-0.3, -0.25) is 4.79 Å². The van der Waals surface area contributed by atoms with E-state index in [0.717, 1.165) is 6.04 Å². The van der Waals surface area contributed by atoms with Crippen molar-refractivity contribution < 1.29 is 22.7 Å². The first-order chi connectivity index (χ1) is 13.4. The normalized spacial score (nSPS) is 19.8. The lowest BCUT2D eigenvalue weighted by atomic mass is 9.96. The van der Waals surface area contributed by atoms with Crippen LogP contribution in [0.3, 0.4) is 0 Å². The van der Waals surface area contributed by atoms with E-state index < -0.39 is 25.9 Å². The zero-order chi connectivity index (χ0) is 21.6. The Morgan fingerprint density at radius 3 is 2.59 bits per heavy atom. The van der Waals surface area contributed by atoms with Gasteiger partial charge in [-0.05, 0) is 37.1 Å². The number of benzene rings is 1. The predicted molar refractivity (Wildman–Crippen MR) is 113 cm³/mol. The van der Waals surface area contributed by atoms with Crippen molar-refractivity contribution in [3.63, 3.8) is 0 Å². The summed E-state index contributed by atoms with van der Waals surface area (Å²) >= 11 is 3.03. The van der Waals surface area contributed by atoms with Crippen molar-refractivity contribution in [2.45, 2.75) is 57.7 Å². The molecule has 1 atom stereocenters. The number of hydrazone groups is 1. The molecule has 5 nitrogen and oxygen atoms in total. The summed E-state index contributed by atoms with van der Waals surface area (Å²) in [4.78, 5) is 14.5. The molecule has 2 aliphatic heterocycles. The molecule has 0 fully saturated rings. The summed E-state index contributed by atoms with van der Waals surface area (Å²) in [5.41, 5.74) is 0.457. The molecule has 10 heteroatoms. The topological polar surface area (TPSA) is 45.1 Å². The first kappa shape index (κ1) is 22.3. The van der Waals surface area contributed by atoms with Crippen LogP contribution in [0.5, 0.6) is 0 Å². The summed E-state index contributed by atoms with van der Waals surface area (Å²) in [6, 6.07) is 3.04. The zero-order valence-corrected chi connectivity index (χ0v) is 19.5. The van der Waals surface area contributed by atoms with Gasteiger partial charge in [0.25, 0.3) is 5.91 Å². The minimum Gasteiger partial charge on any atom is -0.359 e. The summed E-state index contributed by atoms with van der Waals surface area (Å²) < 4.78 is 45.3. The van der Waals surface area contributed by atoms with Crippen LogP contribution < -0.4 is 4.90 Å². The molecule has 1 unspecified atom stereocenters. The first-order valence-corrected chi connectivity index (χ1v) is 14.0. The number of hydrogen-bond donors (Lipinski definition) is 0. The molecule has 2 heterocycles. The van der Waals surface area contributed by atoms with Crippen LogP contribution in [-0.2, 0) is 22.1 Å². The van der Waals surface area contributed by atoms with E-state index in [-0.39, 0.29) is 17.1 Å². The first-order valence-electron chi connectivity index (χ1n) is 9.54. The Bertz CT molecular complexity index is 839. The largest absolute Gasteiger partial charge is 0.417 e. The fourth-order valence-electron chi connectivity index (χ4n) is 3.42. The predicted octanol–water partition coefficient (Wildman–Crippen LogP) is 5.08. The van der Waals surface area contributed by atoms with Gasteiger partial charge in [-0.2, -0.15) is 18.3 Å². The highest BCUT2D eigenvalue weighted by Crippen LogP contribution is 2.42. The van der Waals surface area contributed by atoms with Crippen LogP contribution in [0.15, 0.2) is 21.7 Å². The number of carbonyl (C=O) groups excluding carboxylic acids is 1. The van der Waals surface area contributed by atoms with E-state index in [4.69, 9.17) is 4.74 Å². The van der Waals surface area contributed by atoms with Crippen LogP contribution in [0, 0.1) is 0 Å². The van der Waals surface area contributed by atoms with Crippen molar-refractivity contribution in [1.29, 1.82) is 0 Å². The minimum atomic E-state index is -4.43. The van der Waals surface area contributed by atoms with Crippen molar-refractivity contribution in [1.82, 2.24) is 5.01 Å². The summed E-state index contributed by atoms with van der Waals surface area (Å²) in [5, 5.41) is 5.78. The maximum absolute atomic E-state index is 13.2. The highest BCUT2D eigenvalue weighted by molar-refractivity contribution is 9.10. The number of aryl methyl sites for hydroxylation is 1. The van der Waals surface area contributed by atoms with E-state index in [9.17, 15) is 18.0 Å². The second-order valence-corrected chi connectivity index (χ2v) is 15.1. The lowest BCUT2D eigenvalue weighted by Crippen LogP contribution is -2.55. The molecule has 0 aromatic heterocycles. The van der Waals surface area contributed by atoms with E-state index >= 15 is 0 Å². The van der Waals surface area contributed by atoms with Gasteiger partial charge in [-0.15, -0.1) is 0 Å². The molecule has 2 aliphatic rings. The van der Waals surface area contributed by atoms with Crippen molar-refractivity contribution in [2.24, 2.45) is 5.10 Å². The fraction of sp³-hybridized carbons (Fsp3) is 0.579. The average Bonchev–Trinajstić information content (AvgIpc) is 2.59. The maximum atomic E-state index is 13.2. The smallest absolute Gasteiger partial charge is 0.359 e. The van der Waals surface area contributed by atoms with Gasteiger partial charge in [0.15, 0.2) is 0 Å². The molecule has 0 aliphatic carbocycles. The van der Waals surface area contributed by atoms with Gasteiger partial charge in [-0.1, -0.05) is 35.6 Å². The van der Waals surface area contributed by atoms with E-state index in [1.165, 1.54) is 17.1 Å². The third-order valence-electron chi connectivity index (χ3n) is 5.07. The SMILES string of the molecule is CC1C(=O)N(COCC[Si](C)(C)C)N=C2CCc3cc(C(F)(F)F)c(Br)cc3N21. The molecule has 1 aromatic rings. The van der Waals surface area contributed by atoms with Gasteiger partial charge in [0.05, 0.1) is 5.56 Å². The van der Waals surface area contributed by atoms with Crippen LogP contribution in [0.2, 0.25) is 25.7 Å². The summed E-state index contributed by atoms with van der Waals surface area (Å²) in [7, 11) is -1.22. The number of amides is 1. The lowest BCUT2D eigenvalue weighted by molar-refractivity contribution is -0.139. The van der Waals surface area contributed by atoms with Crippen molar-refractivity contribution in [3.05, 3.63) is 27.7 Å². The van der Waals surface area contributed by atoms with Crippen molar-refractivity contribution >= 4 is 41.4 Å². The lowest BCUT2D eigenvalue weighted by Gasteiger charge is -2.41. The van der Waals surface area contributed by atoms with Crippen LogP contribution in [0.4, 0.5) is 18.9 Å². The van der Waals surface area contributed by atoms with Gasteiger partial charge >= 0.3 is 6.18 Å². The monoisotopic (exact) mass is 491 g/mol. The third-order valence-corrected chi connectivity index (χ3v) is 7.43. The van der Waals surface area contributed by atoms with E-state index in [1.54, 1.807) is 11.8 Å². The van der Waals surface area contributed by atoms with Crippen LogP contribution >= 0.6 is 15.9 Å². The molecule has 1 aromatic carbocycles. The van der Waals surface area contributed by atoms with Crippen molar-refractivity contribution in [3.8, 4) is 0 Å². The van der Waals surface area contributed by atoms with Gasteiger partial charge < -0.3 is 9.64 Å². The molecule has 0 saturated carbocycles. The number of rotatable bonds is 5. The maximum Gasteiger partial charge on any atom is 0.417 e. The highest BCUT2D eigenvalue weighted by atomic mass is 79.9. The van der Waals surface area contributed by atoms with Crippen LogP contribution in [-0.4, -0.2) is 44.2 Å². The van der Waals surface area contributed by atoms with Gasteiger partial charge in [0.2, 0.25) is 0 Å². The van der Waals surface area contributed by atoms with Gasteiger partial charge in [-0.25, -0.2) is 5.01 Å². The molecule has 0 N–H and O–H groups in total. The number of carbonyl (C=O) groups is 1. The molecule has 0 saturated heterocycles. The second-order valence-electron chi connectivity index (χ2n) is 8.61. The van der Waals surface area contributed by atoms with E-state index in [2.05, 4.69) is 40.7 Å². The number of amidine groups is 1. The number of halogens is 4. The molecular weight excluding hydrogens is 467 g/mol. The second kappa shape index (κ2) is 8.03. The molecule has 29 heavy (non-hydrogen) atoms.